The Balaban J connectivity index is 1.73. The normalized spacial score (nSPS) is 11.1. The van der Waals surface area contributed by atoms with Crippen LogP contribution in [0.4, 0.5) is 5.69 Å². The average molecular weight is 312 g/mol. The first-order valence-electron chi connectivity index (χ1n) is 7.41. The van der Waals surface area contributed by atoms with Crippen molar-refractivity contribution >= 4 is 33.8 Å². The molecule has 0 aliphatic rings. The fourth-order valence-electron chi connectivity index (χ4n) is 2.60. The minimum atomic E-state index is 0.383. The summed E-state index contributed by atoms with van der Waals surface area (Å²) in [4.78, 5) is 4.48. The molecule has 0 saturated carbocycles. The van der Waals surface area contributed by atoms with Gasteiger partial charge in [-0.2, -0.15) is 10.4 Å². The number of rotatable bonds is 3. The van der Waals surface area contributed by atoms with Crippen molar-refractivity contribution in [2.45, 2.75) is 0 Å². The third-order valence-electron chi connectivity index (χ3n) is 3.68. The van der Waals surface area contributed by atoms with Gasteiger partial charge in [0.1, 0.15) is 11.7 Å². The van der Waals surface area contributed by atoms with Crippen molar-refractivity contribution in [3.8, 4) is 6.07 Å². The summed E-state index contributed by atoms with van der Waals surface area (Å²) < 4.78 is 5.71. The first kappa shape index (κ1) is 14.0. The highest BCUT2D eigenvalue weighted by molar-refractivity contribution is 6.06. The summed E-state index contributed by atoms with van der Waals surface area (Å²) >= 11 is 0. The molecule has 0 spiro atoms. The summed E-state index contributed by atoms with van der Waals surface area (Å²) in [5, 5.41) is 15.2. The summed E-state index contributed by atoms with van der Waals surface area (Å²) in [6.45, 7) is 0. The van der Waals surface area contributed by atoms with E-state index in [1.165, 1.54) is 6.21 Å². The van der Waals surface area contributed by atoms with Crippen LogP contribution in [-0.2, 0) is 0 Å². The molecule has 1 aromatic heterocycles. The number of nitrogens with zero attached hydrogens (tertiary/aromatic N) is 3. The molecule has 0 bridgehead atoms. The highest BCUT2D eigenvalue weighted by atomic mass is 16.3. The lowest BCUT2D eigenvalue weighted by Crippen LogP contribution is -1.89. The number of hydrazone groups is 1. The molecule has 4 aromatic rings. The van der Waals surface area contributed by atoms with E-state index >= 15 is 0 Å². The Morgan fingerprint density at radius 1 is 1.04 bits per heavy atom. The molecule has 0 radical (unpaired) electrons. The lowest BCUT2D eigenvalue weighted by molar-refractivity contribution is 0.593. The summed E-state index contributed by atoms with van der Waals surface area (Å²) in [5.74, 6) is 0.383. The fourth-order valence-corrected chi connectivity index (χ4v) is 2.60. The molecule has 0 atom stereocenters. The number of fused-ring (bicyclic) bond motifs is 3. The topological polar surface area (TPSA) is 74.2 Å². The molecule has 5 heteroatoms. The number of hydrogen-bond acceptors (Lipinski definition) is 5. The van der Waals surface area contributed by atoms with Gasteiger partial charge in [0.2, 0.25) is 5.89 Å². The van der Waals surface area contributed by atoms with Crippen LogP contribution in [0.2, 0.25) is 0 Å². The van der Waals surface area contributed by atoms with E-state index < -0.39 is 0 Å². The fraction of sp³-hybridized carbons (Fsp3) is 0. The molecular weight excluding hydrogens is 300 g/mol. The number of nitrogens with one attached hydrogen (secondary N) is 1. The third kappa shape index (κ3) is 2.46. The number of para-hydroxylation sites is 1. The van der Waals surface area contributed by atoms with Crippen LogP contribution in [0.5, 0.6) is 0 Å². The van der Waals surface area contributed by atoms with Crippen LogP contribution in [0.25, 0.3) is 21.9 Å². The highest BCUT2D eigenvalue weighted by Gasteiger charge is 2.11. The lowest BCUT2D eigenvalue weighted by atomic mass is 10.0. The number of nitriles is 1. The predicted molar refractivity (Wildman–Crippen MR) is 93.9 cm³/mol. The van der Waals surface area contributed by atoms with Gasteiger partial charge in [0, 0.05) is 16.8 Å². The van der Waals surface area contributed by atoms with Gasteiger partial charge in [-0.3, -0.25) is 5.43 Å². The van der Waals surface area contributed by atoms with Crippen LogP contribution in [0.1, 0.15) is 11.5 Å². The zero-order chi connectivity index (χ0) is 16.4. The maximum atomic E-state index is 9.32. The Bertz CT molecular complexity index is 1090. The van der Waals surface area contributed by atoms with Crippen molar-refractivity contribution in [1.29, 1.82) is 5.26 Å². The number of oxazole rings is 1. The Morgan fingerprint density at radius 3 is 2.58 bits per heavy atom. The van der Waals surface area contributed by atoms with Gasteiger partial charge in [0.15, 0.2) is 5.58 Å². The SMILES string of the molecule is N#Cc1cc2oc(C=NNc3ccccc3)nc2c2ccccc12. The maximum Gasteiger partial charge on any atom is 0.240 e. The smallest absolute Gasteiger partial charge is 0.240 e. The van der Waals surface area contributed by atoms with Crippen LogP contribution in [0, 0.1) is 11.3 Å². The summed E-state index contributed by atoms with van der Waals surface area (Å²) in [6.07, 6.45) is 1.52. The van der Waals surface area contributed by atoms with Gasteiger partial charge < -0.3 is 4.42 Å². The Labute approximate surface area is 137 Å². The van der Waals surface area contributed by atoms with Gasteiger partial charge in [-0.05, 0) is 12.1 Å². The van der Waals surface area contributed by atoms with E-state index in [0.29, 0.717) is 17.0 Å². The Kier molecular flexibility index (Phi) is 3.41. The molecule has 0 saturated heterocycles. The maximum absolute atomic E-state index is 9.32. The van der Waals surface area contributed by atoms with E-state index in [1.54, 1.807) is 6.07 Å². The molecule has 24 heavy (non-hydrogen) atoms. The molecule has 1 heterocycles. The van der Waals surface area contributed by atoms with E-state index in [9.17, 15) is 5.26 Å². The van der Waals surface area contributed by atoms with E-state index in [1.807, 2.05) is 54.6 Å². The molecule has 0 unspecified atom stereocenters. The molecule has 4 rings (SSSR count). The molecule has 114 valence electrons. The summed E-state index contributed by atoms with van der Waals surface area (Å²) in [7, 11) is 0. The molecule has 0 aliphatic carbocycles. The lowest BCUT2D eigenvalue weighted by Gasteiger charge is -1.99. The van der Waals surface area contributed by atoms with Crippen molar-refractivity contribution < 1.29 is 4.42 Å². The molecule has 1 N–H and O–H groups in total. The predicted octanol–water partition coefficient (Wildman–Crippen LogP) is 4.30. The van der Waals surface area contributed by atoms with Crippen LogP contribution in [0.15, 0.2) is 70.2 Å². The van der Waals surface area contributed by atoms with Gasteiger partial charge in [-0.15, -0.1) is 0 Å². The van der Waals surface area contributed by atoms with Gasteiger partial charge in [0.05, 0.1) is 17.3 Å². The average Bonchev–Trinajstić information content (AvgIpc) is 3.05. The number of benzene rings is 3. The van der Waals surface area contributed by atoms with E-state index in [-0.39, 0.29) is 0 Å². The largest absolute Gasteiger partial charge is 0.435 e. The zero-order valence-electron chi connectivity index (χ0n) is 12.6. The molecule has 5 nitrogen and oxygen atoms in total. The monoisotopic (exact) mass is 312 g/mol. The van der Waals surface area contributed by atoms with Gasteiger partial charge in [0.25, 0.3) is 0 Å². The van der Waals surface area contributed by atoms with Crippen molar-refractivity contribution in [2.24, 2.45) is 5.10 Å². The molecule has 0 fully saturated rings. The number of anilines is 1. The molecule has 0 aliphatic heterocycles. The molecule has 3 aromatic carbocycles. The van der Waals surface area contributed by atoms with Crippen molar-refractivity contribution in [2.75, 3.05) is 5.43 Å². The second-order valence-electron chi connectivity index (χ2n) is 5.22. The van der Waals surface area contributed by atoms with E-state index in [2.05, 4.69) is 21.6 Å². The number of aromatic nitrogens is 1. The third-order valence-corrected chi connectivity index (χ3v) is 3.68. The van der Waals surface area contributed by atoms with Gasteiger partial charge in [-0.25, -0.2) is 4.98 Å². The van der Waals surface area contributed by atoms with E-state index in [4.69, 9.17) is 4.42 Å². The van der Waals surface area contributed by atoms with Crippen molar-refractivity contribution in [3.05, 3.63) is 72.1 Å². The van der Waals surface area contributed by atoms with Gasteiger partial charge >= 0.3 is 0 Å². The van der Waals surface area contributed by atoms with Crippen molar-refractivity contribution in [1.82, 2.24) is 4.98 Å². The minimum Gasteiger partial charge on any atom is -0.435 e. The van der Waals surface area contributed by atoms with Crippen LogP contribution in [-0.4, -0.2) is 11.2 Å². The first-order valence-corrected chi connectivity index (χ1v) is 7.41. The second kappa shape index (κ2) is 5.86. The Hall–Kier alpha value is -3.65. The standard InChI is InChI=1S/C19H12N4O/c20-11-13-10-17-19(16-9-5-4-8-15(13)16)22-18(24-17)12-21-23-14-6-2-1-3-7-14/h1-10,12,23H. The first-order chi connectivity index (χ1) is 11.8. The summed E-state index contributed by atoms with van der Waals surface area (Å²) in [6, 6.07) is 21.2. The molecule has 0 amide bonds. The van der Waals surface area contributed by atoms with Crippen LogP contribution in [0.3, 0.4) is 0 Å². The summed E-state index contributed by atoms with van der Waals surface area (Å²) in [5.41, 5.74) is 5.66. The zero-order valence-corrected chi connectivity index (χ0v) is 12.6. The van der Waals surface area contributed by atoms with Gasteiger partial charge in [-0.1, -0.05) is 42.5 Å². The van der Waals surface area contributed by atoms with Crippen LogP contribution < -0.4 is 5.43 Å². The van der Waals surface area contributed by atoms with Crippen LogP contribution >= 0.6 is 0 Å². The minimum absolute atomic E-state index is 0.383. The quantitative estimate of drug-likeness (QED) is 0.452. The molecular formula is C19H12N4O. The number of hydrogen-bond donors (Lipinski definition) is 1. The van der Waals surface area contributed by atoms with E-state index in [0.717, 1.165) is 22.0 Å². The van der Waals surface area contributed by atoms with Crippen molar-refractivity contribution in [3.63, 3.8) is 0 Å². The second-order valence-corrected chi connectivity index (χ2v) is 5.22. The Morgan fingerprint density at radius 2 is 1.79 bits per heavy atom. The highest BCUT2D eigenvalue weighted by Crippen LogP contribution is 2.28.